The average molecular weight is 829 g/mol. The summed E-state index contributed by atoms with van der Waals surface area (Å²) in [6.07, 6.45) is 2.26. The number of hydrogen-bond acceptors (Lipinski definition) is 11. The highest BCUT2D eigenvalue weighted by molar-refractivity contribution is 5.97. The van der Waals surface area contributed by atoms with Gasteiger partial charge in [0.2, 0.25) is 47.3 Å². The Morgan fingerprint density at radius 2 is 1.32 bits per heavy atom. The first-order valence-corrected chi connectivity index (χ1v) is 19.8. The molecule has 0 saturated carbocycles. The van der Waals surface area contributed by atoms with E-state index in [4.69, 9.17) is 22.9 Å². The number of amides is 8. The van der Waals surface area contributed by atoms with Crippen LogP contribution < -0.4 is 49.5 Å². The van der Waals surface area contributed by atoms with Crippen molar-refractivity contribution in [1.29, 1.82) is 0 Å². The lowest BCUT2D eigenvalue weighted by atomic mass is 10.0. The van der Waals surface area contributed by atoms with Gasteiger partial charge in [-0.3, -0.25) is 43.3 Å². The molecule has 2 heterocycles. The highest BCUT2D eigenvalue weighted by Gasteiger charge is 2.38. The molecule has 0 spiro atoms. The lowest BCUT2D eigenvalue weighted by Gasteiger charge is -2.29. The quantitative estimate of drug-likeness (QED) is 0.0302. The summed E-state index contributed by atoms with van der Waals surface area (Å²) in [7, 11) is 0. The molecule has 14 N–H and O–H groups in total. The molecule has 59 heavy (non-hydrogen) atoms. The van der Waals surface area contributed by atoms with E-state index >= 15 is 0 Å². The summed E-state index contributed by atoms with van der Waals surface area (Å²) in [6, 6.07) is 2.27. The summed E-state index contributed by atoms with van der Waals surface area (Å²) in [6.45, 7) is 2.72. The third-order valence-electron chi connectivity index (χ3n) is 10.0. The lowest BCUT2D eigenvalue weighted by Crippen LogP contribution is -2.58. The summed E-state index contributed by atoms with van der Waals surface area (Å²) >= 11 is 0. The van der Waals surface area contributed by atoms with Crippen LogP contribution in [0.3, 0.4) is 0 Å². The highest BCUT2D eigenvalue weighted by atomic mass is 16.3. The van der Waals surface area contributed by atoms with Crippen molar-refractivity contribution in [3.05, 3.63) is 35.9 Å². The lowest BCUT2D eigenvalue weighted by molar-refractivity contribution is -0.141. The number of nitrogens with zero attached hydrogens (tertiary/aromatic N) is 3. The Bertz CT molecular complexity index is 1670. The van der Waals surface area contributed by atoms with Gasteiger partial charge in [0.1, 0.15) is 36.3 Å². The number of carbonyl (C=O) groups excluding carboxylic acids is 8. The number of primary amides is 1. The number of nitrogens with one attached hydrogen (secondary N) is 5. The van der Waals surface area contributed by atoms with Crippen LogP contribution in [0.15, 0.2) is 35.3 Å². The molecule has 21 heteroatoms. The standard InChI is InChI=1S/C38H60N12O9/c1-22(2)17-26(35(57)45-24(11-6-14-43-38(41)42)34(56)46-25(32(40)54)18-23-9-4-3-5-10-23)47-36(58)29-13-8-16-50(29)31(53)20-44-33(55)27(21-51)48-37(59)28-12-7-15-49(28)30(52)19-39/h3-5,9-10,22,24-29,51H,6-8,11-21,39H2,1-2H3,(H2,40,54)(H,44,55)(H,45,57)(H,46,56)(H,47,58)(H,48,59)(H4,41,42,43)/t24-,25-,26-,27-,28-,29-/m0/s1. The summed E-state index contributed by atoms with van der Waals surface area (Å²) in [5, 5.41) is 22.8. The third kappa shape index (κ3) is 14.8. The maximum atomic E-state index is 13.8. The maximum Gasteiger partial charge on any atom is 0.245 e. The number of hydrogen-bond donors (Lipinski definition) is 10. The SMILES string of the molecule is CC(C)C[C@H](NC(=O)[C@@H]1CCCN1C(=O)CNC(=O)[C@H](CO)NC(=O)[C@@H]1CCCN1C(=O)CN)C(=O)N[C@@H](CCCN=C(N)N)C(=O)N[C@@H](Cc1ccccc1)C(N)=O. The van der Waals surface area contributed by atoms with E-state index in [1.807, 2.05) is 13.8 Å². The fourth-order valence-electron chi connectivity index (χ4n) is 7.00. The van der Waals surface area contributed by atoms with E-state index in [0.717, 1.165) is 5.56 Å². The molecule has 3 rings (SSSR count). The molecule has 8 amide bonds. The fraction of sp³-hybridized carbons (Fsp3) is 0.605. The normalized spacial score (nSPS) is 18.2. The first kappa shape index (κ1) is 47.5. The maximum absolute atomic E-state index is 13.8. The van der Waals surface area contributed by atoms with Crippen molar-refractivity contribution in [3.8, 4) is 0 Å². The second-order valence-electron chi connectivity index (χ2n) is 15.0. The van der Waals surface area contributed by atoms with Gasteiger partial charge in [-0.2, -0.15) is 0 Å². The van der Waals surface area contributed by atoms with Gasteiger partial charge in [-0.05, 0) is 56.4 Å². The molecule has 1 aromatic carbocycles. The summed E-state index contributed by atoms with van der Waals surface area (Å²) in [5.41, 5.74) is 22.7. The second-order valence-corrected chi connectivity index (χ2v) is 15.0. The summed E-state index contributed by atoms with van der Waals surface area (Å²) < 4.78 is 0. The van der Waals surface area contributed by atoms with Crippen LogP contribution in [0.5, 0.6) is 0 Å². The Morgan fingerprint density at radius 3 is 1.86 bits per heavy atom. The molecule has 21 nitrogen and oxygen atoms in total. The number of carbonyl (C=O) groups is 8. The zero-order chi connectivity index (χ0) is 43.6. The topological polar surface area (TPSA) is 340 Å². The number of aliphatic hydroxyl groups excluding tert-OH is 1. The van der Waals surface area contributed by atoms with E-state index < -0.39 is 96.7 Å². The van der Waals surface area contributed by atoms with Gasteiger partial charge in [-0.25, -0.2) is 0 Å². The Balaban J connectivity index is 1.66. The Kier molecular flexibility index (Phi) is 19.0. The van der Waals surface area contributed by atoms with E-state index in [9.17, 15) is 43.5 Å². The molecule has 2 aliphatic rings. The zero-order valence-corrected chi connectivity index (χ0v) is 33.7. The zero-order valence-electron chi connectivity index (χ0n) is 33.7. The number of benzene rings is 1. The van der Waals surface area contributed by atoms with Crippen molar-refractivity contribution in [3.63, 3.8) is 0 Å². The van der Waals surface area contributed by atoms with Crippen LogP contribution in [0.25, 0.3) is 0 Å². The molecule has 6 atom stereocenters. The van der Waals surface area contributed by atoms with Crippen molar-refractivity contribution in [2.45, 2.75) is 101 Å². The van der Waals surface area contributed by atoms with Crippen molar-refractivity contribution in [2.75, 3.05) is 39.3 Å². The van der Waals surface area contributed by atoms with Crippen molar-refractivity contribution in [2.24, 2.45) is 33.8 Å². The van der Waals surface area contributed by atoms with Gasteiger partial charge in [-0.1, -0.05) is 44.2 Å². The molecule has 2 fully saturated rings. The third-order valence-corrected chi connectivity index (χ3v) is 10.0. The van der Waals surface area contributed by atoms with Gasteiger partial charge in [0.25, 0.3) is 0 Å². The van der Waals surface area contributed by atoms with Crippen LogP contribution >= 0.6 is 0 Å². The van der Waals surface area contributed by atoms with Crippen molar-refractivity contribution >= 4 is 53.2 Å². The summed E-state index contributed by atoms with van der Waals surface area (Å²) in [5.74, 6) is -5.54. The molecule has 0 bridgehead atoms. The van der Waals surface area contributed by atoms with Crippen molar-refractivity contribution in [1.82, 2.24) is 36.4 Å². The highest BCUT2D eigenvalue weighted by Crippen LogP contribution is 2.19. The van der Waals surface area contributed by atoms with E-state index in [-0.39, 0.29) is 63.6 Å². The molecule has 0 aromatic heterocycles. The van der Waals surface area contributed by atoms with Gasteiger partial charge in [0.15, 0.2) is 5.96 Å². The van der Waals surface area contributed by atoms with Crippen LogP contribution in [-0.4, -0.2) is 144 Å². The molecule has 0 radical (unpaired) electrons. The number of aliphatic hydroxyl groups is 1. The van der Waals surface area contributed by atoms with Gasteiger partial charge in [-0.15, -0.1) is 0 Å². The Morgan fingerprint density at radius 1 is 0.763 bits per heavy atom. The minimum Gasteiger partial charge on any atom is -0.394 e. The molecular weight excluding hydrogens is 768 g/mol. The van der Waals surface area contributed by atoms with E-state index in [2.05, 4.69) is 31.6 Å². The average Bonchev–Trinajstić information content (AvgIpc) is 3.90. The molecule has 2 aliphatic heterocycles. The van der Waals surface area contributed by atoms with Gasteiger partial charge >= 0.3 is 0 Å². The predicted molar refractivity (Wildman–Crippen MR) is 215 cm³/mol. The minimum atomic E-state index is -1.42. The largest absolute Gasteiger partial charge is 0.394 e. The molecule has 326 valence electrons. The van der Waals surface area contributed by atoms with Crippen LogP contribution in [0.1, 0.15) is 64.4 Å². The number of guanidine groups is 1. The predicted octanol–water partition coefficient (Wildman–Crippen LogP) is -4.20. The molecule has 0 unspecified atom stereocenters. The molecule has 1 aromatic rings. The number of rotatable bonds is 22. The van der Waals surface area contributed by atoms with Crippen molar-refractivity contribution < 1.29 is 43.5 Å². The van der Waals surface area contributed by atoms with Crippen LogP contribution in [0, 0.1) is 5.92 Å². The molecule has 0 aliphatic carbocycles. The Hall–Kier alpha value is -5.83. The smallest absolute Gasteiger partial charge is 0.245 e. The minimum absolute atomic E-state index is 0.0674. The monoisotopic (exact) mass is 828 g/mol. The molecular formula is C38H60N12O9. The Labute approximate surface area is 343 Å². The number of aliphatic imine (C=N–C) groups is 1. The van der Waals surface area contributed by atoms with E-state index in [0.29, 0.717) is 25.8 Å². The fourth-order valence-corrected chi connectivity index (χ4v) is 7.00. The summed E-state index contributed by atoms with van der Waals surface area (Å²) in [4.78, 5) is 111. The molecule has 2 saturated heterocycles. The van der Waals surface area contributed by atoms with Crippen LogP contribution in [0.4, 0.5) is 0 Å². The first-order valence-electron chi connectivity index (χ1n) is 19.8. The van der Waals surface area contributed by atoms with Gasteiger partial charge in [0.05, 0.1) is 19.7 Å². The van der Waals surface area contributed by atoms with Gasteiger partial charge in [0, 0.05) is 26.1 Å². The van der Waals surface area contributed by atoms with E-state index in [1.165, 1.54) is 9.80 Å². The van der Waals surface area contributed by atoms with Crippen LogP contribution in [0.2, 0.25) is 0 Å². The van der Waals surface area contributed by atoms with E-state index in [1.54, 1.807) is 30.3 Å². The number of nitrogens with two attached hydrogens (primary N) is 4. The first-order chi connectivity index (χ1) is 28.1. The van der Waals surface area contributed by atoms with Crippen LogP contribution in [-0.2, 0) is 44.8 Å². The second kappa shape index (κ2) is 23.5. The van der Waals surface area contributed by atoms with Gasteiger partial charge < -0.3 is 64.4 Å². The number of likely N-dealkylation sites (tertiary alicyclic amines) is 2.